The lowest BCUT2D eigenvalue weighted by Gasteiger charge is -2.37. The number of nitrogens with zero attached hydrogens (tertiary/aromatic N) is 2. The Kier molecular flexibility index (Phi) is 7.37. The predicted molar refractivity (Wildman–Crippen MR) is 143 cm³/mol. The summed E-state index contributed by atoms with van der Waals surface area (Å²) in [7, 11) is 1.58. The molecular formula is C29H26FN3O4S. The number of carbonyl (C=O) groups is 2. The number of carbonyl (C=O) groups excluding carboxylic acids is 2. The zero-order valence-electron chi connectivity index (χ0n) is 20.9. The van der Waals surface area contributed by atoms with Gasteiger partial charge in [-0.1, -0.05) is 18.2 Å². The van der Waals surface area contributed by atoms with Crippen molar-refractivity contribution in [2.75, 3.05) is 19.0 Å². The van der Waals surface area contributed by atoms with Crippen LogP contribution in [0.4, 0.5) is 10.1 Å². The molecule has 0 spiro atoms. The molecule has 38 heavy (non-hydrogen) atoms. The maximum absolute atomic E-state index is 14.1. The molecule has 194 valence electrons. The number of benzene rings is 3. The largest absolute Gasteiger partial charge is 0.497 e. The molecule has 0 saturated carbocycles. The number of halogens is 1. The highest BCUT2D eigenvalue weighted by molar-refractivity contribution is 7.09. The molecule has 2 heterocycles. The number of methoxy groups -OCH3 is 1. The van der Waals surface area contributed by atoms with Crippen LogP contribution >= 0.6 is 11.3 Å². The van der Waals surface area contributed by atoms with Gasteiger partial charge in [0.15, 0.2) is 0 Å². The van der Waals surface area contributed by atoms with E-state index in [1.807, 2.05) is 24.3 Å². The summed E-state index contributed by atoms with van der Waals surface area (Å²) in [6.07, 6.45) is 0.708. The molecule has 4 aromatic rings. The maximum Gasteiger partial charge on any atom is 0.275 e. The third-order valence-corrected chi connectivity index (χ3v) is 7.23. The number of thiazole rings is 1. The Hall–Kier alpha value is -4.24. The van der Waals surface area contributed by atoms with Gasteiger partial charge in [-0.05, 0) is 71.6 Å². The molecular weight excluding hydrogens is 505 g/mol. The van der Waals surface area contributed by atoms with Crippen molar-refractivity contribution in [1.29, 1.82) is 0 Å². The molecule has 1 aliphatic heterocycles. The Balaban J connectivity index is 1.30. The molecule has 1 aromatic heterocycles. The topological polar surface area (TPSA) is 80.8 Å². The van der Waals surface area contributed by atoms with E-state index >= 15 is 0 Å². The average molecular weight is 532 g/mol. The zero-order valence-corrected chi connectivity index (χ0v) is 21.8. The van der Waals surface area contributed by atoms with E-state index in [0.717, 1.165) is 11.1 Å². The summed E-state index contributed by atoms with van der Waals surface area (Å²) in [4.78, 5) is 31.2. The van der Waals surface area contributed by atoms with Crippen LogP contribution in [0.25, 0.3) is 0 Å². The lowest BCUT2D eigenvalue weighted by atomic mass is 9.88. The SMILES string of the molecule is COc1ccc(NC(=O)c2csc(COc3ccc4c(c3)C(c3cccc(F)c3)N(C(C)=O)CC4)n2)cc1. The van der Waals surface area contributed by atoms with E-state index in [0.29, 0.717) is 46.4 Å². The molecule has 1 unspecified atom stereocenters. The molecule has 0 aliphatic carbocycles. The summed E-state index contributed by atoms with van der Waals surface area (Å²) in [5, 5.41) is 5.16. The van der Waals surface area contributed by atoms with Gasteiger partial charge in [0.25, 0.3) is 5.91 Å². The summed E-state index contributed by atoms with van der Waals surface area (Å²) < 4.78 is 25.2. The van der Waals surface area contributed by atoms with Gasteiger partial charge in [-0.2, -0.15) is 0 Å². The Bertz CT molecular complexity index is 1470. The lowest BCUT2D eigenvalue weighted by Crippen LogP contribution is -2.39. The van der Waals surface area contributed by atoms with Crippen molar-refractivity contribution in [3.8, 4) is 11.5 Å². The fourth-order valence-corrected chi connectivity index (χ4v) is 5.24. The fourth-order valence-electron chi connectivity index (χ4n) is 4.55. The number of hydrogen-bond donors (Lipinski definition) is 1. The summed E-state index contributed by atoms with van der Waals surface area (Å²) in [5.74, 6) is 0.582. The van der Waals surface area contributed by atoms with Crippen LogP contribution in [0, 0.1) is 5.82 Å². The van der Waals surface area contributed by atoms with Gasteiger partial charge >= 0.3 is 0 Å². The Morgan fingerprint density at radius 1 is 1.11 bits per heavy atom. The van der Waals surface area contributed by atoms with Crippen LogP contribution in [0.3, 0.4) is 0 Å². The van der Waals surface area contributed by atoms with Crippen LogP contribution in [0.2, 0.25) is 0 Å². The highest BCUT2D eigenvalue weighted by Crippen LogP contribution is 2.37. The minimum atomic E-state index is -0.399. The zero-order chi connectivity index (χ0) is 26.6. The van der Waals surface area contributed by atoms with Crippen molar-refractivity contribution < 1.29 is 23.5 Å². The van der Waals surface area contributed by atoms with E-state index in [1.54, 1.807) is 47.7 Å². The first kappa shape index (κ1) is 25.4. The molecule has 2 amide bonds. The summed E-state index contributed by atoms with van der Waals surface area (Å²) in [5.41, 5.74) is 3.66. The molecule has 1 aliphatic rings. The Morgan fingerprint density at radius 3 is 2.63 bits per heavy atom. The fraction of sp³-hybridized carbons (Fsp3) is 0.207. The number of nitrogens with one attached hydrogen (secondary N) is 1. The van der Waals surface area contributed by atoms with Crippen LogP contribution in [0.15, 0.2) is 72.1 Å². The minimum Gasteiger partial charge on any atom is -0.497 e. The quantitative estimate of drug-likeness (QED) is 0.335. The van der Waals surface area contributed by atoms with E-state index < -0.39 is 6.04 Å². The highest BCUT2D eigenvalue weighted by atomic mass is 32.1. The van der Waals surface area contributed by atoms with Gasteiger partial charge in [-0.3, -0.25) is 9.59 Å². The monoisotopic (exact) mass is 531 g/mol. The molecule has 1 N–H and O–H groups in total. The van der Waals surface area contributed by atoms with Crippen LogP contribution in [-0.2, 0) is 17.8 Å². The van der Waals surface area contributed by atoms with Crippen molar-refractivity contribution in [2.24, 2.45) is 0 Å². The molecule has 9 heteroatoms. The van der Waals surface area contributed by atoms with Gasteiger partial charge in [0.2, 0.25) is 5.91 Å². The minimum absolute atomic E-state index is 0.0699. The van der Waals surface area contributed by atoms with Gasteiger partial charge in [-0.15, -0.1) is 11.3 Å². The second-order valence-corrected chi connectivity index (χ2v) is 9.82. The third kappa shape index (κ3) is 5.52. The summed E-state index contributed by atoms with van der Waals surface area (Å²) >= 11 is 1.33. The molecule has 0 radical (unpaired) electrons. The maximum atomic E-state index is 14.1. The van der Waals surface area contributed by atoms with E-state index in [2.05, 4.69) is 10.3 Å². The second kappa shape index (κ2) is 11.0. The molecule has 0 fully saturated rings. The van der Waals surface area contributed by atoms with Crippen LogP contribution in [0.5, 0.6) is 11.5 Å². The van der Waals surface area contributed by atoms with Crippen molar-refractivity contribution in [3.63, 3.8) is 0 Å². The molecule has 3 aromatic carbocycles. The Labute approximate surface area is 223 Å². The molecule has 5 rings (SSSR count). The van der Waals surface area contributed by atoms with Crippen molar-refractivity contribution in [1.82, 2.24) is 9.88 Å². The second-order valence-electron chi connectivity index (χ2n) is 8.88. The number of anilines is 1. The number of hydrogen-bond acceptors (Lipinski definition) is 6. The van der Waals surface area contributed by atoms with Crippen LogP contribution < -0.4 is 14.8 Å². The molecule has 0 saturated heterocycles. The van der Waals surface area contributed by atoms with Crippen molar-refractivity contribution in [2.45, 2.75) is 26.0 Å². The van der Waals surface area contributed by atoms with E-state index in [4.69, 9.17) is 9.47 Å². The van der Waals surface area contributed by atoms with Crippen molar-refractivity contribution >= 4 is 28.8 Å². The van der Waals surface area contributed by atoms with Crippen LogP contribution in [-0.4, -0.2) is 35.4 Å². The number of rotatable bonds is 7. The van der Waals surface area contributed by atoms with E-state index in [1.165, 1.54) is 30.4 Å². The molecule has 0 bridgehead atoms. The van der Waals surface area contributed by atoms with E-state index in [-0.39, 0.29) is 24.2 Å². The highest BCUT2D eigenvalue weighted by Gasteiger charge is 2.31. The van der Waals surface area contributed by atoms with Gasteiger partial charge in [0.1, 0.15) is 34.6 Å². The molecule has 1 atom stereocenters. The van der Waals surface area contributed by atoms with Gasteiger partial charge < -0.3 is 19.7 Å². The number of aromatic nitrogens is 1. The van der Waals surface area contributed by atoms with Gasteiger partial charge in [0, 0.05) is 24.5 Å². The first-order valence-corrected chi connectivity index (χ1v) is 13.0. The average Bonchev–Trinajstić information content (AvgIpc) is 3.41. The van der Waals surface area contributed by atoms with Gasteiger partial charge in [-0.25, -0.2) is 9.37 Å². The predicted octanol–water partition coefficient (Wildman–Crippen LogP) is 5.62. The summed E-state index contributed by atoms with van der Waals surface area (Å²) in [6.45, 7) is 2.27. The first-order chi connectivity index (χ1) is 18.4. The number of amides is 2. The van der Waals surface area contributed by atoms with Gasteiger partial charge in [0.05, 0.1) is 13.2 Å². The van der Waals surface area contributed by atoms with Crippen LogP contribution in [0.1, 0.15) is 45.2 Å². The standard InChI is InChI=1S/C29H26FN3O4S/c1-18(34)33-13-12-19-6-9-24(15-25(19)28(33)20-4-3-5-21(30)14-20)37-16-27-32-26(17-38-27)29(35)31-22-7-10-23(36-2)11-8-22/h3-11,14-15,17,28H,12-13,16H2,1-2H3,(H,31,35). The third-order valence-electron chi connectivity index (χ3n) is 6.41. The van der Waals surface area contributed by atoms with E-state index in [9.17, 15) is 14.0 Å². The number of fused-ring (bicyclic) bond motifs is 1. The normalized spacial score (nSPS) is 14.5. The smallest absolute Gasteiger partial charge is 0.275 e. The lowest BCUT2D eigenvalue weighted by molar-refractivity contribution is -0.130. The first-order valence-electron chi connectivity index (χ1n) is 12.1. The molecule has 7 nitrogen and oxygen atoms in total. The summed E-state index contributed by atoms with van der Waals surface area (Å²) in [6, 6.07) is 18.8. The Morgan fingerprint density at radius 2 is 1.89 bits per heavy atom. The number of ether oxygens (including phenoxy) is 2. The van der Waals surface area contributed by atoms with Crippen molar-refractivity contribution in [3.05, 3.63) is 105 Å².